The highest BCUT2D eigenvalue weighted by molar-refractivity contribution is 5.34. The predicted molar refractivity (Wildman–Crippen MR) is 94.6 cm³/mol. The molecular weight excluding hydrogens is 284 g/mol. The van der Waals surface area contributed by atoms with Crippen molar-refractivity contribution in [2.45, 2.75) is 38.5 Å². The number of hydrogen-bond acceptors (Lipinski definition) is 3. The number of likely N-dealkylation sites (tertiary alicyclic amines) is 1. The van der Waals surface area contributed by atoms with E-state index in [0.29, 0.717) is 5.92 Å². The van der Waals surface area contributed by atoms with Gasteiger partial charge in [-0.3, -0.25) is 4.90 Å². The Hall–Kier alpha value is -1.84. The largest absolute Gasteiger partial charge is 0.491 e. The first-order valence-corrected chi connectivity index (χ1v) is 8.41. The number of nitrogens with two attached hydrogens (primary N) is 1. The zero-order chi connectivity index (χ0) is 16.2. The SMILES string of the molecule is CC(C)Oc1ccccc1CN1C[C@@H](N)[C@H](c2ccccc2)C1. The third-order valence-electron chi connectivity index (χ3n) is 4.40. The Morgan fingerprint density at radius 1 is 1.04 bits per heavy atom. The van der Waals surface area contributed by atoms with Crippen molar-refractivity contribution in [2.75, 3.05) is 13.1 Å². The van der Waals surface area contributed by atoms with Crippen LogP contribution in [0.5, 0.6) is 5.75 Å². The molecule has 3 heteroatoms. The molecule has 3 nitrogen and oxygen atoms in total. The summed E-state index contributed by atoms with van der Waals surface area (Å²) in [6.07, 6.45) is 0.189. The first-order chi connectivity index (χ1) is 11.1. The molecule has 0 radical (unpaired) electrons. The molecule has 1 saturated heterocycles. The Morgan fingerprint density at radius 3 is 2.48 bits per heavy atom. The molecule has 0 unspecified atom stereocenters. The summed E-state index contributed by atoms with van der Waals surface area (Å²) >= 11 is 0. The lowest BCUT2D eigenvalue weighted by molar-refractivity contribution is 0.233. The van der Waals surface area contributed by atoms with Gasteiger partial charge in [0.05, 0.1) is 6.10 Å². The first kappa shape index (κ1) is 16.0. The van der Waals surface area contributed by atoms with Crippen LogP contribution in [0.15, 0.2) is 54.6 Å². The number of ether oxygens (including phenoxy) is 1. The van der Waals surface area contributed by atoms with Gasteiger partial charge >= 0.3 is 0 Å². The Kier molecular flexibility index (Phi) is 4.99. The highest BCUT2D eigenvalue weighted by Gasteiger charge is 2.31. The van der Waals surface area contributed by atoms with Crippen molar-refractivity contribution in [3.05, 3.63) is 65.7 Å². The molecule has 2 aromatic rings. The average Bonchev–Trinajstić information content (AvgIpc) is 2.90. The smallest absolute Gasteiger partial charge is 0.124 e. The lowest BCUT2D eigenvalue weighted by atomic mass is 9.95. The molecule has 1 heterocycles. The third-order valence-corrected chi connectivity index (χ3v) is 4.40. The molecule has 122 valence electrons. The summed E-state index contributed by atoms with van der Waals surface area (Å²) in [6, 6.07) is 19.1. The quantitative estimate of drug-likeness (QED) is 0.920. The molecule has 1 fully saturated rings. The Bertz CT molecular complexity index is 627. The molecule has 23 heavy (non-hydrogen) atoms. The van der Waals surface area contributed by atoms with Crippen LogP contribution in [-0.2, 0) is 6.54 Å². The van der Waals surface area contributed by atoms with Gasteiger partial charge in [0.15, 0.2) is 0 Å². The van der Waals surface area contributed by atoms with E-state index >= 15 is 0 Å². The summed E-state index contributed by atoms with van der Waals surface area (Å²) in [4.78, 5) is 2.44. The van der Waals surface area contributed by atoms with Crippen LogP contribution in [0.3, 0.4) is 0 Å². The van der Waals surface area contributed by atoms with Crippen LogP contribution < -0.4 is 10.5 Å². The highest BCUT2D eigenvalue weighted by atomic mass is 16.5. The fraction of sp³-hybridized carbons (Fsp3) is 0.400. The van der Waals surface area contributed by atoms with Gasteiger partial charge in [-0.25, -0.2) is 0 Å². The molecule has 0 aromatic heterocycles. The molecule has 2 atom stereocenters. The average molecular weight is 310 g/mol. The van der Waals surface area contributed by atoms with Crippen LogP contribution >= 0.6 is 0 Å². The van der Waals surface area contributed by atoms with Gasteiger partial charge in [-0.1, -0.05) is 48.5 Å². The lowest BCUT2D eigenvalue weighted by Crippen LogP contribution is -2.28. The van der Waals surface area contributed by atoms with Crippen molar-refractivity contribution in [3.8, 4) is 5.75 Å². The third kappa shape index (κ3) is 3.92. The molecule has 3 rings (SSSR count). The van der Waals surface area contributed by atoms with Gasteiger partial charge < -0.3 is 10.5 Å². The van der Waals surface area contributed by atoms with E-state index < -0.39 is 0 Å². The van der Waals surface area contributed by atoms with E-state index in [-0.39, 0.29) is 12.1 Å². The van der Waals surface area contributed by atoms with Gasteiger partial charge in [0, 0.05) is 37.2 Å². The van der Waals surface area contributed by atoms with Gasteiger partial charge in [-0.2, -0.15) is 0 Å². The van der Waals surface area contributed by atoms with Gasteiger partial charge in [0.2, 0.25) is 0 Å². The van der Waals surface area contributed by atoms with Crippen molar-refractivity contribution in [1.82, 2.24) is 4.90 Å². The molecule has 0 bridgehead atoms. The Labute approximate surface area is 139 Å². The summed E-state index contributed by atoms with van der Waals surface area (Å²) < 4.78 is 5.94. The summed E-state index contributed by atoms with van der Waals surface area (Å²) in [6.45, 7) is 6.94. The van der Waals surface area contributed by atoms with Crippen molar-refractivity contribution < 1.29 is 4.74 Å². The zero-order valence-corrected chi connectivity index (χ0v) is 14.0. The van der Waals surface area contributed by atoms with Gasteiger partial charge in [-0.05, 0) is 25.5 Å². The molecular formula is C20H26N2O. The lowest BCUT2D eigenvalue weighted by Gasteiger charge is -2.19. The van der Waals surface area contributed by atoms with Crippen molar-refractivity contribution in [2.24, 2.45) is 5.73 Å². The molecule has 1 aliphatic rings. The van der Waals surface area contributed by atoms with Crippen LogP contribution in [0.1, 0.15) is 30.9 Å². The maximum absolute atomic E-state index is 6.40. The summed E-state index contributed by atoms with van der Waals surface area (Å²) in [5, 5.41) is 0. The Morgan fingerprint density at radius 2 is 1.74 bits per heavy atom. The van der Waals surface area contributed by atoms with Gasteiger partial charge in [0.25, 0.3) is 0 Å². The topological polar surface area (TPSA) is 38.5 Å². The predicted octanol–water partition coefficient (Wildman–Crippen LogP) is 3.40. The van der Waals surface area contributed by atoms with Crippen LogP contribution in [0.25, 0.3) is 0 Å². The van der Waals surface area contributed by atoms with Crippen LogP contribution in [0.4, 0.5) is 0 Å². The van der Waals surface area contributed by atoms with E-state index in [1.54, 1.807) is 0 Å². The summed E-state index contributed by atoms with van der Waals surface area (Å²) in [7, 11) is 0. The van der Waals surface area contributed by atoms with E-state index in [2.05, 4.69) is 67.3 Å². The fourth-order valence-electron chi connectivity index (χ4n) is 3.34. The van der Waals surface area contributed by atoms with E-state index in [0.717, 1.165) is 25.4 Å². The zero-order valence-electron chi connectivity index (χ0n) is 14.0. The normalized spacial score (nSPS) is 21.7. The maximum atomic E-state index is 6.40. The second-order valence-electron chi connectivity index (χ2n) is 6.65. The molecule has 2 aromatic carbocycles. The fourth-order valence-corrected chi connectivity index (χ4v) is 3.34. The van der Waals surface area contributed by atoms with Gasteiger partial charge in [-0.15, -0.1) is 0 Å². The van der Waals surface area contributed by atoms with Gasteiger partial charge in [0.1, 0.15) is 5.75 Å². The minimum atomic E-state index is 0.189. The van der Waals surface area contributed by atoms with Crippen LogP contribution in [0, 0.1) is 0 Å². The van der Waals surface area contributed by atoms with Crippen molar-refractivity contribution in [1.29, 1.82) is 0 Å². The van der Waals surface area contributed by atoms with E-state index in [1.165, 1.54) is 11.1 Å². The molecule has 1 aliphatic heterocycles. The number of hydrogen-bond donors (Lipinski definition) is 1. The molecule has 0 amide bonds. The van der Waals surface area contributed by atoms with Crippen LogP contribution in [-0.4, -0.2) is 30.1 Å². The van der Waals surface area contributed by atoms with Crippen molar-refractivity contribution in [3.63, 3.8) is 0 Å². The number of para-hydroxylation sites is 1. The number of rotatable bonds is 5. The Balaban J connectivity index is 1.70. The van der Waals surface area contributed by atoms with E-state index in [4.69, 9.17) is 10.5 Å². The molecule has 0 spiro atoms. The first-order valence-electron chi connectivity index (χ1n) is 8.41. The highest BCUT2D eigenvalue weighted by Crippen LogP contribution is 2.29. The maximum Gasteiger partial charge on any atom is 0.124 e. The molecule has 2 N–H and O–H groups in total. The van der Waals surface area contributed by atoms with Crippen LogP contribution in [0.2, 0.25) is 0 Å². The summed E-state index contributed by atoms with van der Waals surface area (Å²) in [5.74, 6) is 1.40. The monoisotopic (exact) mass is 310 g/mol. The molecule has 0 aliphatic carbocycles. The molecule has 0 saturated carbocycles. The van der Waals surface area contributed by atoms with E-state index in [1.807, 2.05) is 6.07 Å². The van der Waals surface area contributed by atoms with Crippen molar-refractivity contribution >= 4 is 0 Å². The number of nitrogens with zero attached hydrogens (tertiary/aromatic N) is 1. The second kappa shape index (κ2) is 7.16. The summed E-state index contributed by atoms with van der Waals surface area (Å²) in [5.41, 5.74) is 8.98. The minimum absolute atomic E-state index is 0.189. The minimum Gasteiger partial charge on any atom is -0.491 e. The standard InChI is InChI=1S/C20H26N2O/c1-15(2)23-20-11-7-6-10-17(20)12-22-13-18(19(21)14-22)16-8-4-3-5-9-16/h3-11,15,18-19H,12-14,21H2,1-2H3/t18-,19+/m0/s1. The van der Waals surface area contributed by atoms with E-state index in [9.17, 15) is 0 Å². The second-order valence-corrected chi connectivity index (χ2v) is 6.65. The number of benzene rings is 2.